The van der Waals surface area contributed by atoms with Crippen molar-refractivity contribution in [3.05, 3.63) is 84.2 Å². The van der Waals surface area contributed by atoms with Gasteiger partial charge in [-0.1, -0.05) is 36.4 Å². The van der Waals surface area contributed by atoms with E-state index in [-0.39, 0.29) is 5.69 Å². The second-order valence-electron chi connectivity index (χ2n) is 5.30. The maximum absolute atomic E-state index is 13.8. The number of ether oxygens (including phenoxy) is 1. The number of amides is 1. The summed E-state index contributed by atoms with van der Waals surface area (Å²) < 4.78 is 19.1. The van der Waals surface area contributed by atoms with E-state index < -0.39 is 11.7 Å². The first-order valence-corrected chi connectivity index (χ1v) is 7.74. The number of para-hydroxylation sites is 4. The average Bonchev–Trinajstić information content (AvgIpc) is 2.64. The van der Waals surface area contributed by atoms with E-state index in [2.05, 4.69) is 10.6 Å². The molecular weight excluding hydrogens is 319 g/mol. The molecule has 2 N–H and O–H groups in total. The first-order valence-electron chi connectivity index (χ1n) is 7.74. The number of hydrogen-bond acceptors (Lipinski definition) is 3. The van der Waals surface area contributed by atoms with Crippen LogP contribution in [-0.2, 0) is 0 Å². The lowest BCUT2D eigenvalue weighted by Gasteiger charge is -2.14. The highest BCUT2D eigenvalue weighted by atomic mass is 19.1. The molecule has 25 heavy (non-hydrogen) atoms. The molecule has 0 aromatic heterocycles. The maximum Gasteiger partial charge on any atom is 0.257 e. The largest absolute Gasteiger partial charge is 0.495 e. The number of methoxy groups -OCH3 is 1. The highest BCUT2D eigenvalue weighted by Gasteiger charge is 2.14. The summed E-state index contributed by atoms with van der Waals surface area (Å²) in [5, 5.41) is 5.79. The summed E-state index contributed by atoms with van der Waals surface area (Å²) in [6.45, 7) is 0. The molecule has 0 unspecified atom stereocenters. The van der Waals surface area contributed by atoms with E-state index >= 15 is 0 Å². The normalized spacial score (nSPS) is 10.2. The summed E-state index contributed by atoms with van der Waals surface area (Å²) in [6.07, 6.45) is 0. The minimum atomic E-state index is -0.481. The molecule has 0 fully saturated rings. The average molecular weight is 336 g/mol. The van der Waals surface area contributed by atoms with Crippen LogP contribution in [0.3, 0.4) is 0 Å². The number of hydrogen-bond donors (Lipinski definition) is 2. The Balaban J connectivity index is 1.88. The molecule has 4 nitrogen and oxygen atoms in total. The molecule has 3 aromatic carbocycles. The SMILES string of the molecule is COc1ccccc1Nc1ccccc1C(=O)Nc1ccccc1F. The van der Waals surface area contributed by atoms with Gasteiger partial charge in [-0.25, -0.2) is 4.39 Å². The molecule has 0 heterocycles. The van der Waals surface area contributed by atoms with Crippen LogP contribution in [0, 0.1) is 5.82 Å². The van der Waals surface area contributed by atoms with Crippen molar-refractivity contribution < 1.29 is 13.9 Å². The number of rotatable bonds is 5. The highest BCUT2D eigenvalue weighted by molar-refractivity contribution is 6.08. The Morgan fingerprint density at radius 1 is 0.840 bits per heavy atom. The minimum absolute atomic E-state index is 0.139. The summed E-state index contributed by atoms with van der Waals surface area (Å²) in [4.78, 5) is 12.6. The van der Waals surface area contributed by atoms with Gasteiger partial charge in [0, 0.05) is 0 Å². The minimum Gasteiger partial charge on any atom is -0.495 e. The number of carbonyl (C=O) groups is 1. The molecule has 0 aliphatic heterocycles. The van der Waals surface area contributed by atoms with Crippen molar-refractivity contribution in [2.75, 3.05) is 17.7 Å². The van der Waals surface area contributed by atoms with Gasteiger partial charge in [0.05, 0.1) is 29.7 Å². The fourth-order valence-electron chi connectivity index (χ4n) is 2.44. The standard InChI is InChI=1S/C20H17FN2O2/c1-25-19-13-7-6-12-18(19)22-16-10-4-2-8-14(16)20(24)23-17-11-5-3-9-15(17)21/h2-13,22H,1H3,(H,23,24). The Labute approximate surface area is 145 Å². The zero-order valence-corrected chi connectivity index (χ0v) is 13.6. The van der Waals surface area contributed by atoms with Crippen LogP contribution in [0.2, 0.25) is 0 Å². The fourth-order valence-corrected chi connectivity index (χ4v) is 2.44. The summed E-state index contributed by atoms with van der Waals surface area (Å²) in [6, 6.07) is 20.5. The third-order valence-electron chi connectivity index (χ3n) is 3.67. The van der Waals surface area contributed by atoms with Gasteiger partial charge >= 0.3 is 0 Å². The van der Waals surface area contributed by atoms with Crippen LogP contribution in [0.25, 0.3) is 0 Å². The second-order valence-corrected chi connectivity index (χ2v) is 5.30. The predicted molar refractivity (Wildman–Crippen MR) is 97.1 cm³/mol. The van der Waals surface area contributed by atoms with Crippen LogP contribution in [0.1, 0.15) is 10.4 Å². The molecule has 0 saturated carbocycles. The van der Waals surface area contributed by atoms with E-state index in [1.165, 1.54) is 12.1 Å². The molecule has 5 heteroatoms. The third kappa shape index (κ3) is 3.77. The summed E-state index contributed by atoms with van der Waals surface area (Å²) in [7, 11) is 1.58. The Bertz CT molecular complexity index is 896. The van der Waals surface area contributed by atoms with E-state index in [0.29, 0.717) is 17.0 Å². The molecule has 1 amide bonds. The molecule has 0 saturated heterocycles. The Hall–Kier alpha value is -3.34. The number of benzene rings is 3. The van der Waals surface area contributed by atoms with Crippen LogP contribution in [0.5, 0.6) is 5.75 Å². The molecule has 0 atom stereocenters. The number of anilines is 3. The first kappa shape index (κ1) is 16.5. The van der Waals surface area contributed by atoms with Gasteiger partial charge in [-0.2, -0.15) is 0 Å². The van der Waals surface area contributed by atoms with Crippen molar-refractivity contribution in [2.24, 2.45) is 0 Å². The Kier molecular flexibility index (Phi) is 4.95. The van der Waals surface area contributed by atoms with Crippen molar-refractivity contribution >= 4 is 23.0 Å². The van der Waals surface area contributed by atoms with Gasteiger partial charge in [-0.3, -0.25) is 4.79 Å². The monoisotopic (exact) mass is 336 g/mol. The molecular formula is C20H17FN2O2. The van der Waals surface area contributed by atoms with E-state index in [4.69, 9.17) is 4.74 Å². The molecule has 126 valence electrons. The molecule has 0 radical (unpaired) electrons. The fraction of sp³-hybridized carbons (Fsp3) is 0.0500. The van der Waals surface area contributed by atoms with E-state index in [1.807, 2.05) is 30.3 Å². The van der Waals surface area contributed by atoms with Gasteiger partial charge in [0.1, 0.15) is 11.6 Å². The Morgan fingerprint density at radius 3 is 2.16 bits per heavy atom. The van der Waals surface area contributed by atoms with Gasteiger partial charge in [-0.15, -0.1) is 0 Å². The van der Waals surface area contributed by atoms with E-state index in [0.717, 1.165) is 5.69 Å². The van der Waals surface area contributed by atoms with Crippen molar-refractivity contribution in [2.45, 2.75) is 0 Å². The van der Waals surface area contributed by atoms with Gasteiger partial charge in [0.25, 0.3) is 5.91 Å². The number of halogens is 1. The van der Waals surface area contributed by atoms with Gasteiger partial charge < -0.3 is 15.4 Å². The van der Waals surface area contributed by atoms with Crippen LogP contribution in [0.15, 0.2) is 72.8 Å². The van der Waals surface area contributed by atoms with Gasteiger partial charge in [-0.05, 0) is 36.4 Å². The number of nitrogens with one attached hydrogen (secondary N) is 2. The third-order valence-corrected chi connectivity index (χ3v) is 3.67. The molecule has 0 bridgehead atoms. The zero-order chi connectivity index (χ0) is 17.6. The summed E-state index contributed by atoms with van der Waals surface area (Å²) in [5.41, 5.74) is 1.87. The molecule has 0 spiro atoms. The topological polar surface area (TPSA) is 50.4 Å². The molecule has 0 aliphatic rings. The van der Waals surface area contributed by atoms with Crippen molar-refractivity contribution in [1.82, 2.24) is 0 Å². The number of carbonyl (C=O) groups excluding carboxylic acids is 1. The van der Waals surface area contributed by atoms with Crippen LogP contribution in [0.4, 0.5) is 21.5 Å². The van der Waals surface area contributed by atoms with Crippen molar-refractivity contribution in [3.8, 4) is 5.75 Å². The summed E-state index contributed by atoms with van der Waals surface area (Å²) in [5.74, 6) is -0.221. The Morgan fingerprint density at radius 2 is 1.44 bits per heavy atom. The van der Waals surface area contributed by atoms with Crippen LogP contribution in [-0.4, -0.2) is 13.0 Å². The second kappa shape index (κ2) is 7.49. The first-order chi connectivity index (χ1) is 12.2. The van der Waals surface area contributed by atoms with E-state index in [1.54, 1.807) is 37.4 Å². The maximum atomic E-state index is 13.8. The van der Waals surface area contributed by atoms with Gasteiger partial charge in [0.15, 0.2) is 0 Å². The van der Waals surface area contributed by atoms with Crippen molar-refractivity contribution in [1.29, 1.82) is 0 Å². The lowest BCUT2D eigenvalue weighted by molar-refractivity contribution is 0.102. The van der Waals surface area contributed by atoms with E-state index in [9.17, 15) is 9.18 Å². The van der Waals surface area contributed by atoms with Crippen LogP contribution < -0.4 is 15.4 Å². The molecule has 3 rings (SSSR count). The predicted octanol–water partition coefficient (Wildman–Crippen LogP) is 4.83. The van der Waals surface area contributed by atoms with Crippen molar-refractivity contribution in [3.63, 3.8) is 0 Å². The lowest BCUT2D eigenvalue weighted by atomic mass is 10.1. The lowest BCUT2D eigenvalue weighted by Crippen LogP contribution is -2.14. The quantitative estimate of drug-likeness (QED) is 0.701. The zero-order valence-electron chi connectivity index (χ0n) is 13.6. The molecule has 3 aromatic rings. The molecule has 0 aliphatic carbocycles. The van der Waals surface area contributed by atoms with Crippen LogP contribution >= 0.6 is 0 Å². The van der Waals surface area contributed by atoms with Gasteiger partial charge in [0.2, 0.25) is 0 Å². The smallest absolute Gasteiger partial charge is 0.257 e. The summed E-state index contributed by atoms with van der Waals surface area (Å²) >= 11 is 0. The highest BCUT2D eigenvalue weighted by Crippen LogP contribution is 2.29.